The molecule has 106 valence electrons. The molecule has 1 aliphatic rings. The van der Waals surface area contributed by atoms with Gasteiger partial charge in [-0.3, -0.25) is 4.98 Å². The highest BCUT2D eigenvalue weighted by Gasteiger charge is 2.25. The lowest BCUT2D eigenvalue weighted by Gasteiger charge is -2.38. The zero-order valence-corrected chi connectivity index (χ0v) is 11.5. The number of pyridine rings is 1. The molecule has 0 amide bonds. The molecule has 2 unspecified atom stereocenters. The van der Waals surface area contributed by atoms with E-state index in [-0.39, 0.29) is 18.8 Å². The first kappa shape index (κ1) is 13.1. The molecule has 1 saturated heterocycles. The van der Waals surface area contributed by atoms with E-state index >= 15 is 0 Å². The lowest BCUT2D eigenvalue weighted by Crippen LogP contribution is -2.48. The van der Waals surface area contributed by atoms with E-state index in [1.807, 2.05) is 25.1 Å². The molecular weight excluding hydrogens is 254 g/mol. The Labute approximate surface area is 118 Å². The molecule has 2 atom stereocenters. The van der Waals surface area contributed by atoms with Crippen LogP contribution in [-0.2, 0) is 4.74 Å². The third-order valence-electron chi connectivity index (χ3n) is 3.70. The number of aliphatic hydroxyl groups is 1. The van der Waals surface area contributed by atoms with Crippen LogP contribution in [0.1, 0.15) is 6.92 Å². The highest BCUT2D eigenvalue weighted by molar-refractivity contribution is 6.00. The predicted octanol–water partition coefficient (Wildman–Crippen LogP) is 1.40. The summed E-state index contributed by atoms with van der Waals surface area (Å²) in [6, 6.07) is 5.92. The maximum Gasteiger partial charge on any atom is 0.0984 e. The number of nitrogens with two attached hydrogens (primary N) is 1. The molecule has 0 saturated carbocycles. The lowest BCUT2D eigenvalue weighted by molar-refractivity contribution is -0.0420. The molecule has 20 heavy (non-hydrogen) atoms. The first-order chi connectivity index (χ1) is 9.69. The number of benzene rings is 1. The van der Waals surface area contributed by atoms with Crippen LogP contribution in [0.3, 0.4) is 0 Å². The SMILES string of the molecule is CC1CN(c2ccc(N)c3cnccc23)CC(CO)O1. The Bertz CT molecular complexity index is 617. The summed E-state index contributed by atoms with van der Waals surface area (Å²) in [4.78, 5) is 6.39. The standard InChI is InChI=1S/C15H19N3O2/c1-10-7-18(8-11(9-19)20-10)15-3-2-14(16)13-6-17-5-4-12(13)15/h2-6,10-11,19H,7-9,16H2,1H3. The maximum absolute atomic E-state index is 9.35. The molecular formula is C15H19N3O2. The molecule has 0 aliphatic carbocycles. The van der Waals surface area contributed by atoms with Crippen molar-refractivity contribution in [2.24, 2.45) is 0 Å². The quantitative estimate of drug-likeness (QED) is 0.809. The highest BCUT2D eigenvalue weighted by atomic mass is 16.5. The van der Waals surface area contributed by atoms with Crippen molar-refractivity contribution in [3.05, 3.63) is 30.6 Å². The van der Waals surface area contributed by atoms with E-state index in [2.05, 4.69) is 9.88 Å². The number of hydrogen-bond acceptors (Lipinski definition) is 5. The van der Waals surface area contributed by atoms with Crippen LogP contribution in [0, 0.1) is 0 Å². The number of rotatable bonds is 2. The van der Waals surface area contributed by atoms with Crippen molar-refractivity contribution in [3.8, 4) is 0 Å². The van der Waals surface area contributed by atoms with Gasteiger partial charge >= 0.3 is 0 Å². The average Bonchev–Trinajstić information content (AvgIpc) is 2.47. The third-order valence-corrected chi connectivity index (χ3v) is 3.70. The van der Waals surface area contributed by atoms with Gasteiger partial charge in [-0.1, -0.05) is 0 Å². The van der Waals surface area contributed by atoms with E-state index in [0.717, 1.165) is 28.7 Å². The lowest BCUT2D eigenvalue weighted by atomic mass is 10.1. The molecule has 1 aromatic carbocycles. The summed E-state index contributed by atoms with van der Waals surface area (Å²) in [5.41, 5.74) is 7.86. The van der Waals surface area contributed by atoms with Crippen LogP contribution in [-0.4, -0.2) is 42.0 Å². The molecule has 5 heteroatoms. The van der Waals surface area contributed by atoms with Crippen LogP contribution in [0.5, 0.6) is 0 Å². The number of ether oxygens (including phenoxy) is 1. The normalized spacial score (nSPS) is 23.2. The van der Waals surface area contributed by atoms with Crippen LogP contribution in [0.2, 0.25) is 0 Å². The van der Waals surface area contributed by atoms with Crippen LogP contribution < -0.4 is 10.6 Å². The fourth-order valence-electron chi connectivity index (χ4n) is 2.81. The number of morpholine rings is 1. The number of hydrogen-bond donors (Lipinski definition) is 2. The van der Waals surface area contributed by atoms with E-state index in [1.165, 1.54) is 0 Å². The van der Waals surface area contributed by atoms with Crippen molar-refractivity contribution in [1.29, 1.82) is 0 Å². The molecule has 1 fully saturated rings. The minimum absolute atomic E-state index is 0.0370. The van der Waals surface area contributed by atoms with Gasteiger partial charge in [-0.15, -0.1) is 0 Å². The van der Waals surface area contributed by atoms with Crippen molar-refractivity contribution in [2.75, 3.05) is 30.3 Å². The number of nitrogen functional groups attached to an aromatic ring is 1. The Kier molecular flexibility index (Phi) is 3.46. The number of nitrogens with zero attached hydrogens (tertiary/aromatic N) is 2. The van der Waals surface area contributed by atoms with E-state index in [0.29, 0.717) is 6.54 Å². The largest absolute Gasteiger partial charge is 0.398 e. The monoisotopic (exact) mass is 273 g/mol. The highest BCUT2D eigenvalue weighted by Crippen LogP contribution is 2.31. The predicted molar refractivity (Wildman–Crippen MR) is 79.8 cm³/mol. The zero-order chi connectivity index (χ0) is 14.1. The summed E-state index contributed by atoms with van der Waals surface area (Å²) in [5, 5.41) is 11.4. The summed E-state index contributed by atoms with van der Waals surface area (Å²) >= 11 is 0. The molecule has 0 bridgehead atoms. The zero-order valence-electron chi connectivity index (χ0n) is 11.5. The van der Waals surface area contributed by atoms with E-state index in [9.17, 15) is 5.11 Å². The smallest absolute Gasteiger partial charge is 0.0984 e. The summed E-state index contributed by atoms with van der Waals surface area (Å²) < 4.78 is 5.69. The second-order valence-electron chi connectivity index (χ2n) is 5.25. The summed E-state index contributed by atoms with van der Waals surface area (Å²) in [6.07, 6.45) is 3.52. The Balaban J connectivity index is 2.03. The van der Waals surface area contributed by atoms with Crippen molar-refractivity contribution in [2.45, 2.75) is 19.1 Å². The van der Waals surface area contributed by atoms with Crippen molar-refractivity contribution in [3.63, 3.8) is 0 Å². The van der Waals surface area contributed by atoms with Crippen LogP contribution in [0.25, 0.3) is 10.8 Å². The second-order valence-corrected chi connectivity index (χ2v) is 5.25. The van der Waals surface area contributed by atoms with Gasteiger partial charge in [-0.25, -0.2) is 0 Å². The number of aliphatic hydroxyl groups excluding tert-OH is 1. The molecule has 1 aromatic heterocycles. The van der Waals surface area contributed by atoms with Gasteiger partial charge in [0.05, 0.1) is 18.8 Å². The molecule has 0 spiro atoms. The van der Waals surface area contributed by atoms with E-state index in [1.54, 1.807) is 12.4 Å². The number of aromatic nitrogens is 1. The summed E-state index contributed by atoms with van der Waals surface area (Å²) in [6.45, 7) is 3.55. The summed E-state index contributed by atoms with van der Waals surface area (Å²) in [7, 11) is 0. The molecule has 3 N–H and O–H groups in total. The molecule has 2 aromatic rings. The van der Waals surface area contributed by atoms with Gasteiger partial charge < -0.3 is 20.5 Å². The average molecular weight is 273 g/mol. The van der Waals surface area contributed by atoms with Gasteiger partial charge in [0, 0.05) is 47.6 Å². The fraction of sp³-hybridized carbons (Fsp3) is 0.400. The van der Waals surface area contributed by atoms with Crippen LogP contribution in [0.4, 0.5) is 11.4 Å². The van der Waals surface area contributed by atoms with E-state index in [4.69, 9.17) is 10.5 Å². The molecule has 0 radical (unpaired) electrons. The van der Waals surface area contributed by atoms with Crippen molar-refractivity contribution < 1.29 is 9.84 Å². The van der Waals surface area contributed by atoms with Crippen molar-refractivity contribution in [1.82, 2.24) is 4.98 Å². The minimum atomic E-state index is -0.145. The fourth-order valence-corrected chi connectivity index (χ4v) is 2.81. The van der Waals surface area contributed by atoms with Gasteiger partial charge in [0.25, 0.3) is 0 Å². The molecule has 3 rings (SSSR count). The van der Waals surface area contributed by atoms with Crippen LogP contribution in [0.15, 0.2) is 30.6 Å². The Morgan fingerprint density at radius 2 is 2.20 bits per heavy atom. The summed E-state index contributed by atoms with van der Waals surface area (Å²) in [5.74, 6) is 0. The van der Waals surface area contributed by atoms with E-state index < -0.39 is 0 Å². The first-order valence-electron chi connectivity index (χ1n) is 6.82. The molecule has 5 nitrogen and oxygen atoms in total. The van der Waals surface area contributed by atoms with Gasteiger partial charge in [-0.05, 0) is 25.1 Å². The van der Waals surface area contributed by atoms with Crippen molar-refractivity contribution >= 4 is 22.1 Å². The van der Waals surface area contributed by atoms with Crippen LogP contribution >= 0.6 is 0 Å². The van der Waals surface area contributed by atoms with Gasteiger partial charge in [0.2, 0.25) is 0 Å². The second kappa shape index (κ2) is 5.26. The number of anilines is 2. The Morgan fingerprint density at radius 1 is 1.35 bits per heavy atom. The third kappa shape index (κ3) is 2.30. The van der Waals surface area contributed by atoms with Gasteiger partial charge in [0.15, 0.2) is 0 Å². The van der Waals surface area contributed by atoms with Gasteiger partial charge in [-0.2, -0.15) is 0 Å². The molecule has 2 heterocycles. The Hall–Kier alpha value is -1.85. The maximum atomic E-state index is 9.35. The topological polar surface area (TPSA) is 71.6 Å². The van der Waals surface area contributed by atoms with Gasteiger partial charge in [0.1, 0.15) is 0 Å². The Morgan fingerprint density at radius 3 is 3.00 bits per heavy atom. The minimum Gasteiger partial charge on any atom is -0.398 e. The number of fused-ring (bicyclic) bond motifs is 1. The molecule has 1 aliphatic heterocycles. The first-order valence-corrected chi connectivity index (χ1v) is 6.82.